The van der Waals surface area contributed by atoms with Crippen molar-refractivity contribution in [3.8, 4) is 0 Å². The van der Waals surface area contributed by atoms with Gasteiger partial charge in [-0.05, 0) is 50.4 Å². The average Bonchev–Trinajstić information content (AvgIpc) is 2.38. The van der Waals surface area contributed by atoms with Crippen LogP contribution in [0.3, 0.4) is 0 Å². The Morgan fingerprint density at radius 1 is 1.47 bits per heavy atom. The van der Waals surface area contributed by atoms with Crippen LogP contribution in [0.5, 0.6) is 0 Å². The third kappa shape index (κ3) is 2.84. The smallest absolute Gasteiger partial charge is 0.0546 e. The maximum atomic E-state index is 9.28. The van der Waals surface area contributed by atoms with Crippen molar-refractivity contribution < 1.29 is 5.11 Å². The van der Waals surface area contributed by atoms with Crippen LogP contribution in [0.25, 0.3) is 0 Å². The van der Waals surface area contributed by atoms with Crippen LogP contribution in [-0.2, 0) is 0 Å². The fourth-order valence-electron chi connectivity index (χ4n) is 2.82. The van der Waals surface area contributed by atoms with Gasteiger partial charge in [-0.15, -0.1) is 0 Å². The van der Waals surface area contributed by atoms with Gasteiger partial charge in [-0.1, -0.05) is 32.4 Å². The number of aliphatic hydroxyl groups is 1. The van der Waals surface area contributed by atoms with E-state index in [9.17, 15) is 5.11 Å². The predicted molar refractivity (Wildman–Crippen MR) is 65.7 cm³/mol. The maximum absolute atomic E-state index is 9.28. The van der Waals surface area contributed by atoms with Gasteiger partial charge in [0.15, 0.2) is 0 Å². The van der Waals surface area contributed by atoms with Gasteiger partial charge >= 0.3 is 0 Å². The largest absolute Gasteiger partial charge is 0.393 e. The fourth-order valence-corrected chi connectivity index (χ4v) is 2.82. The second-order valence-electron chi connectivity index (χ2n) is 5.89. The van der Waals surface area contributed by atoms with E-state index >= 15 is 0 Å². The van der Waals surface area contributed by atoms with Crippen molar-refractivity contribution in [2.75, 3.05) is 0 Å². The summed E-state index contributed by atoms with van der Waals surface area (Å²) >= 11 is 0. The Bertz CT molecular complexity index is 238. The van der Waals surface area contributed by atoms with Crippen molar-refractivity contribution in [3.63, 3.8) is 0 Å². The summed E-state index contributed by atoms with van der Waals surface area (Å²) in [5.74, 6) is 1.53. The summed E-state index contributed by atoms with van der Waals surface area (Å²) in [6, 6.07) is 0. The summed E-state index contributed by atoms with van der Waals surface area (Å²) in [4.78, 5) is 0. The first kappa shape index (κ1) is 12.8. The van der Waals surface area contributed by atoms with Gasteiger partial charge in [0, 0.05) is 0 Å². The molecule has 1 saturated carbocycles. The number of allylic oxidation sites excluding steroid dienone is 1. The van der Waals surface area contributed by atoms with Crippen LogP contribution in [0.4, 0.5) is 0 Å². The number of hydrogen-bond donors (Lipinski definition) is 1. The quantitative estimate of drug-likeness (QED) is 0.703. The van der Waals surface area contributed by atoms with Gasteiger partial charge in [-0.25, -0.2) is 0 Å². The summed E-state index contributed by atoms with van der Waals surface area (Å²) in [7, 11) is 0. The molecule has 3 unspecified atom stereocenters. The molecule has 1 nitrogen and oxygen atoms in total. The third-order valence-electron chi connectivity index (χ3n) is 4.39. The highest BCUT2D eigenvalue weighted by atomic mass is 16.3. The Labute approximate surface area is 94.6 Å². The number of aliphatic hydroxyl groups excluding tert-OH is 1. The molecule has 0 spiro atoms. The summed E-state index contributed by atoms with van der Waals surface area (Å²) in [6.07, 6.45) is 5.48. The molecule has 1 rings (SSSR count). The molecular weight excluding hydrogens is 184 g/mol. The van der Waals surface area contributed by atoms with Crippen molar-refractivity contribution in [2.45, 2.75) is 60.0 Å². The molecular formula is C14H26O. The number of hydrogen-bond acceptors (Lipinski definition) is 1. The standard InChI is InChI=1S/C14H26O/c1-10(6-8-12(3)15)13-9-7-11(2)14(13,4)5/h6,11-13,15H,7-9H2,1-5H3. The molecule has 0 aliphatic heterocycles. The lowest BCUT2D eigenvalue weighted by atomic mass is 9.73. The summed E-state index contributed by atoms with van der Waals surface area (Å²) in [5, 5.41) is 9.28. The van der Waals surface area contributed by atoms with Gasteiger partial charge in [-0.2, -0.15) is 0 Å². The van der Waals surface area contributed by atoms with Gasteiger partial charge in [0.2, 0.25) is 0 Å². The maximum Gasteiger partial charge on any atom is 0.0546 e. The predicted octanol–water partition coefficient (Wildman–Crippen LogP) is 3.78. The van der Waals surface area contributed by atoms with Crippen LogP contribution in [0, 0.1) is 17.3 Å². The molecule has 0 radical (unpaired) electrons. The zero-order valence-electron chi connectivity index (χ0n) is 10.9. The average molecular weight is 210 g/mol. The molecule has 0 bridgehead atoms. The van der Waals surface area contributed by atoms with E-state index in [-0.39, 0.29) is 6.10 Å². The molecule has 0 heterocycles. The monoisotopic (exact) mass is 210 g/mol. The topological polar surface area (TPSA) is 20.2 Å². The Hall–Kier alpha value is -0.300. The van der Waals surface area contributed by atoms with E-state index in [1.165, 1.54) is 18.4 Å². The highest BCUT2D eigenvalue weighted by Crippen LogP contribution is 2.50. The van der Waals surface area contributed by atoms with E-state index in [1.807, 2.05) is 6.92 Å². The molecule has 0 saturated heterocycles. The van der Waals surface area contributed by atoms with Crippen molar-refractivity contribution >= 4 is 0 Å². The molecule has 1 N–H and O–H groups in total. The van der Waals surface area contributed by atoms with Crippen LogP contribution in [0.15, 0.2) is 11.6 Å². The SMILES string of the molecule is CC(=CCC(C)O)C1CCC(C)C1(C)C. The highest BCUT2D eigenvalue weighted by molar-refractivity contribution is 5.11. The first-order chi connectivity index (χ1) is 6.85. The molecule has 1 aliphatic carbocycles. The van der Waals surface area contributed by atoms with E-state index in [0.29, 0.717) is 11.3 Å². The minimum atomic E-state index is -0.207. The molecule has 0 aromatic heterocycles. The van der Waals surface area contributed by atoms with Gasteiger partial charge in [0.25, 0.3) is 0 Å². The molecule has 15 heavy (non-hydrogen) atoms. The lowest BCUT2D eigenvalue weighted by molar-refractivity contribution is 0.196. The Morgan fingerprint density at radius 2 is 2.07 bits per heavy atom. The molecule has 0 amide bonds. The molecule has 88 valence electrons. The minimum absolute atomic E-state index is 0.207. The molecule has 1 aliphatic rings. The first-order valence-electron chi connectivity index (χ1n) is 6.20. The van der Waals surface area contributed by atoms with Gasteiger partial charge < -0.3 is 5.11 Å². The fraction of sp³-hybridized carbons (Fsp3) is 0.857. The second kappa shape index (κ2) is 4.69. The highest BCUT2D eigenvalue weighted by Gasteiger charge is 2.40. The molecule has 3 atom stereocenters. The Morgan fingerprint density at radius 3 is 2.47 bits per heavy atom. The van der Waals surface area contributed by atoms with Gasteiger partial charge in [0.1, 0.15) is 0 Å². The van der Waals surface area contributed by atoms with E-state index in [0.717, 1.165) is 12.3 Å². The van der Waals surface area contributed by atoms with Crippen LogP contribution < -0.4 is 0 Å². The summed E-state index contributed by atoms with van der Waals surface area (Å²) < 4.78 is 0. The van der Waals surface area contributed by atoms with Crippen molar-refractivity contribution in [1.29, 1.82) is 0 Å². The van der Waals surface area contributed by atoms with Gasteiger partial charge in [-0.3, -0.25) is 0 Å². The molecule has 1 fully saturated rings. The van der Waals surface area contributed by atoms with Crippen LogP contribution in [-0.4, -0.2) is 11.2 Å². The zero-order chi connectivity index (χ0) is 11.6. The van der Waals surface area contributed by atoms with E-state index in [4.69, 9.17) is 0 Å². The molecule has 0 aromatic carbocycles. The lowest BCUT2D eigenvalue weighted by Gasteiger charge is -2.32. The lowest BCUT2D eigenvalue weighted by Crippen LogP contribution is -2.24. The molecule has 1 heteroatoms. The normalized spacial score (nSPS) is 33.1. The van der Waals surface area contributed by atoms with E-state index in [2.05, 4.69) is 33.8 Å². The van der Waals surface area contributed by atoms with Crippen molar-refractivity contribution in [3.05, 3.63) is 11.6 Å². The van der Waals surface area contributed by atoms with Crippen LogP contribution in [0.2, 0.25) is 0 Å². The summed E-state index contributed by atoms with van der Waals surface area (Å²) in [5.41, 5.74) is 1.91. The third-order valence-corrected chi connectivity index (χ3v) is 4.39. The van der Waals surface area contributed by atoms with E-state index in [1.54, 1.807) is 0 Å². The Balaban J connectivity index is 2.68. The van der Waals surface area contributed by atoms with E-state index < -0.39 is 0 Å². The Kier molecular flexibility index (Phi) is 3.99. The molecule has 0 aromatic rings. The number of rotatable bonds is 3. The zero-order valence-corrected chi connectivity index (χ0v) is 10.9. The second-order valence-corrected chi connectivity index (χ2v) is 5.89. The van der Waals surface area contributed by atoms with Crippen molar-refractivity contribution in [1.82, 2.24) is 0 Å². The van der Waals surface area contributed by atoms with Crippen LogP contribution in [0.1, 0.15) is 53.9 Å². The minimum Gasteiger partial charge on any atom is -0.393 e. The summed E-state index contributed by atoms with van der Waals surface area (Å²) in [6.45, 7) is 11.2. The first-order valence-corrected chi connectivity index (χ1v) is 6.20. The van der Waals surface area contributed by atoms with Crippen molar-refractivity contribution in [2.24, 2.45) is 17.3 Å². The van der Waals surface area contributed by atoms with Crippen LogP contribution >= 0.6 is 0 Å². The van der Waals surface area contributed by atoms with Gasteiger partial charge in [0.05, 0.1) is 6.10 Å².